The highest BCUT2D eigenvalue weighted by Crippen LogP contribution is 2.25. The van der Waals surface area contributed by atoms with E-state index in [2.05, 4.69) is 10.5 Å². The highest BCUT2D eigenvalue weighted by atomic mass is 35.5. The van der Waals surface area contributed by atoms with Crippen molar-refractivity contribution in [3.05, 3.63) is 76.1 Å². The third kappa shape index (κ3) is 4.46. The van der Waals surface area contributed by atoms with Crippen LogP contribution in [0.5, 0.6) is 11.5 Å². The molecule has 1 heterocycles. The van der Waals surface area contributed by atoms with Gasteiger partial charge in [0, 0.05) is 0 Å². The fraction of sp³-hybridized carbons (Fsp3) is 0.238. The summed E-state index contributed by atoms with van der Waals surface area (Å²) in [6.07, 6.45) is 0. The molecule has 6 nitrogen and oxygen atoms in total. The summed E-state index contributed by atoms with van der Waals surface area (Å²) in [6, 6.07) is 14.4. The lowest BCUT2D eigenvalue weighted by molar-refractivity contribution is 0.0928. The fourth-order valence-corrected chi connectivity index (χ4v) is 2.88. The monoisotopic (exact) mass is 400 g/mol. The zero-order valence-corrected chi connectivity index (χ0v) is 16.6. The van der Waals surface area contributed by atoms with Crippen molar-refractivity contribution in [1.29, 1.82) is 0 Å². The average molecular weight is 401 g/mol. The van der Waals surface area contributed by atoms with E-state index in [0.29, 0.717) is 22.1 Å². The van der Waals surface area contributed by atoms with Gasteiger partial charge in [0.1, 0.15) is 23.9 Å². The number of amides is 1. The molecule has 146 valence electrons. The summed E-state index contributed by atoms with van der Waals surface area (Å²) in [4.78, 5) is 12.7. The Labute approximate surface area is 168 Å². The van der Waals surface area contributed by atoms with E-state index < -0.39 is 0 Å². The molecule has 1 N–H and O–H groups in total. The number of hydrogen-bond donors (Lipinski definition) is 1. The second-order valence-corrected chi connectivity index (χ2v) is 6.66. The number of nitrogens with one attached hydrogen (secondary N) is 1. The van der Waals surface area contributed by atoms with Crippen LogP contribution in [0.15, 0.2) is 53.1 Å². The molecule has 1 unspecified atom stereocenters. The van der Waals surface area contributed by atoms with Crippen LogP contribution in [-0.2, 0) is 6.61 Å². The Morgan fingerprint density at radius 1 is 1.21 bits per heavy atom. The molecule has 0 fully saturated rings. The summed E-state index contributed by atoms with van der Waals surface area (Å²) in [6.45, 7) is 3.76. The standard InChI is InChI=1S/C21H21ClN2O4/c1-13(15-8-10-16(26-3)11-9-15)23-21(25)20-17(14(2)28-24-20)12-27-19-7-5-4-6-18(19)22/h4-11,13H,12H2,1-3H3,(H,23,25). The van der Waals surface area contributed by atoms with Gasteiger partial charge in [-0.25, -0.2) is 0 Å². The molecule has 3 rings (SSSR count). The van der Waals surface area contributed by atoms with E-state index in [1.807, 2.05) is 43.3 Å². The number of nitrogens with zero attached hydrogens (tertiary/aromatic N) is 1. The van der Waals surface area contributed by atoms with Gasteiger partial charge in [-0.15, -0.1) is 0 Å². The number of aromatic nitrogens is 1. The summed E-state index contributed by atoms with van der Waals surface area (Å²) in [5, 5.41) is 7.33. The molecule has 1 aromatic heterocycles. The Kier molecular flexibility index (Phi) is 6.21. The summed E-state index contributed by atoms with van der Waals surface area (Å²) in [5.41, 5.74) is 1.73. The number of para-hydroxylation sites is 1. The molecule has 0 bridgehead atoms. The molecule has 0 aliphatic carbocycles. The van der Waals surface area contributed by atoms with Crippen molar-refractivity contribution in [3.63, 3.8) is 0 Å². The minimum absolute atomic E-state index is 0.124. The van der Waals surface area contributed by atoms with E-state index in [0.717, 1.165) is 11.3 Å². The van der Waals surface area contributed by atoms with Crippen LogP contribution in [0.2, 0.25) is 5.02 Å². The Bertz CT molecular complexity index is 953. The van der Waals surface area contributed by atoms with Gasteiger partial charge < -0.3 is 19.3 Å². The maximum atomic E-state index is 12.7. The largest absolute Gasteiger partial charge is 0.497 e. The molecule has 0 radical (unpaired) electrons. The van der Waals surface area contributed by atoms with Gasteiger partial charge in [0.05, 0.1) is 23.7 Å². The molecule has 3 aromatic rings. The summed E-state index contributed by atoms with van der Waals surface area (Å²) in [7, 11) is 1.61. The van der Waals surface area contributed by atoms with Crippen LogP contribution in [0.4, 0.5) is 0 Å². The minimum Gasteiger partial charge on any atom is -0.497 e. The number of methoxy groups -OCH3 is 1. The molecule has 7 heteroatoms. The number of halogens is 1. The quantitative estimate of drug-likeness (QED) is 0.621. The van der Waals surface area contributed by atoms with Crippen molar-refractivity contribution in [2.24, 2.45) is 0 Å². The normalized spacial score (nSPS) is 11.7. The molecular weight excluding hydrogens is 380 g/mol. The summed E-state index contributed by atoms with van der Waals surface area (Å²) < 4.78 is 16.1. The maximum Gasteiger partial charge on any atom is 0.274 e. The molecule has 28 heavy (non-hydrogen) atoms. The Balaban J connectivity index is 1.70. The van der Waals surface area contributed by atoms with Crippen molar-refractivity contribution in [3.8, 4) is 11.5 Å². The van der Waals surface area contributed by atoms with Gasteiger partial charge in [-0.3, -0.25) is 4.79 Å². The molecule has 0 spiro atoms. The van der Waals surface area contributed by atoms with Gasteiger partial charge in [-0.05, 0) is 43.7 Å². The van der Waals surface area contributed by atoms with Gasteiger partial charge in [-0.2, -0.15) is 0 Å². The van der Waals surface area contributed by atoms with Crippen LogP contribution >= 0.6 is 11.6 Å². The number of carbonyl (C=O) groups is 1. The molecule has 2 aromatic carbocycles. The summed E-state index contributed by atoms with van der Waals surface area (Å²) in [5.74, 6) is 1.48. The topological polar surface area (TPSA) is 73.6 Å². The van der Waals surface area contributed by atoms with Gasteiger partial charge in [-0.1, -0.05) is 41.0 Å². The van der Waals surface area contributed by atoms with E-state index in [4.69, 9.17) is 25.6 Å². The lowest BCUT2D eigenvalue weighted by Gasteiger charge is -2.14. The van der Waals surface area contributed by atoms with Crippen molar-refractivity contribution in [2.45, 2.75) is 26.5 Å². The SMILES string of the molecule is COc1ccc(C(C)NC(=O)c2noc(C)c2COc2ccccc2Cl)cc1. The number of aryl methyl sites for hydroxylation is 1. The first-order valence-corrected chi connectivity index (χ1v) is 9.14. The number of carbonyl (C=O) groups excluding carboxylic acids is 1. The Morgan fingerprint density at radius 3 is 2.61 bits per heavy atom. The average Bonchev–Trinajstić information content (AvgIpc) is 3.08. The van der Waals surface area contributed by atoms with Crippen molar-refractivity contribution < 1.29 is 18.8 Å². The third-order valence-electron chi connectivity index (χ3n) is 4.37. The second kappa shape index (κ2) is 8.80. The molecular formula is C21H21ClN2O4. The minimum atomic E-state index is -0.335. The van der Waals surface area contributed by atoms with Crippen LogP contribution in [0.1, 0.15) is 40.3 Å². The third-order valence-corrected chi connectivity index (χ3v) is 4.68. The fourth-order valence-electron chi connectivity index (χ4n) is 2.69. The Morgan fingerprint density at radius 2 is 1.93 bits per heavy atom. The smallest absolute Gasteiger partial charge is 0.274 e. The highest BCUT2D eigenvalue weighted by Gasteiger charge is 2.22. The molecule has 1 amide bonds. The number of hydrogen-bond acceptors (Lipinski definition) is 5. The molecule has 0 saturated carbocycles. The van der Waals surface area contributed by atoms with E-state index in [1.54, 1.807) is 26.2 Å². The van der Waals surface area contributed by atoms with Crippen LogP contribution in [0.3, 0.4) is 0 Å². The van der Waals surface area contributed by atoms with Crippen molar-refractivity contribution in [2.75, 3.05) is 7.11 Å². The Hall–Kier alpha value is -2.99. The zero-order valence-electron chi connectivity index (χ0n) is 15.9. The first-order chi connectivity index (χ1) is 13.5. The van der Waals surface area contributed by atoms with Gasteiger partial charge in [0.2, 0.25) is 0 Å². The van der Waals surface area contributed by atoms with E-state index >= 15 is 0 Å². The van der Waals surface area contributed by atoms with Crippen LogP contribution in [0.25, 0.3) is 0 Å². The van der Waals surface area contributed by atoms with Crippen LogP contribution in [0, 0.1) is 6.92 Å². The van der Waals surface area contributed by atoms with Gasteiger partial charge in [0.15, 0.2) is 5.69 Å². The lowest BCUT2D eigenvalue weighted by atomic mass is 10.1. The van der Waals surface area contributed by atoms with Crippen molar-refractivity contribution >= 4 is 17.5 Å². The number of rotatable bonds is 7. The zero-order chi connectivity index (χ0) is 20.1. The molecule has 0 aliphatic heterocycles. The van der Waals surface area contributed by atoms with E-state index in [-0.39, 0.29) is 24.2 Å². The van der Waals surface area contributed by atoms with Crippen LogP contribution in [-0.4, -0.2) is 18.2 Å². The lowest BCUT2D eigenvalue weighted by Crippen LogP contribution is -2.28. The molecule has 0 aliphatic rings. The van der Waals surface area contributed by atoms with Crippen LogP contribution < -0.4 is 14.8 Å². The first kappa shape index (κ1) is 19.8. The first-order valence-electron chi connectivity index (χ1n) is 8.77. The van der Waals surface area contributed by atoms with Gasteiger partial charge in [0.25, 0.3) is 5.91 Å². The highest BCUT2D eigenvalue weighted by molar-refractivity contribution is 6.32. The van der Waals surface area contributed by atoms with Gasteiger partial charge >= 0.3 is 0 Å². The maximum absolute atomic E-state index is 12.7. The van der Waals surface area contributed by atoms with E-state index in [1.165, 1.54) is 0 Å². The number of benzene rings is 2. The predicted molar refractivity (Wildman–Crippen MR) is 106 cm³/mol. The van der Waals surface area contributed by atoms with Crippen molar-refractivity contribution in [1.82, 2.24) is 10.5 Å². The summed E-state index contributed by atoms with van der Waals surface area (Å²) >= 11 is 6.11. The second-order valence-electron chi connectivity index (χ2n) is 6.25. The van der Waals surface area contributed by atoms with E-state index in [9.17, 15) is 4.79 Å². The predicted octanol–water partition coefficient (Wildman–Crippen LogP) is 4.72. The molecule has 1 atom stereocenters. The molecule has 0 saturated heterocycles. The number of ether oxygens (including phenoxy) is 2.